The number of phosphoric acid groups is 2. The third-order valence-electron chi connectivity index (χ3n) is 4.98. The maximum absolute atomic E-state index is 11.6. The molecule has 0 unspecified atom stereocenters. The number of hydrogen-bond acceptors (Lipinski definition) is 4. The summed E-state index contributed by atoms with van der Waals surface area (Å²) in [6, 6.07) is 7.30. The van der Waals surface area contributed by atoms with Crippen molar-refractivity contribution < 1.29 is 37.8 Å². The Kier molecular flexibility index (Phi) is 8.51. The fourth-order valence-corrected chi connectivity index (χ4v) is 4.47. The van der Waals surface area contributed by atoms with Crippen molar-refractivity contribution in [2.24, 2.45) is 0 Å². The quantitative estimate of drug-likeness (QED) is 0.372. The summed E-state index contributed by atoms with van der Waals surface area (Å²) < 4.78 is 33.4. The standard InChI is InChI=1S/C21H30O8P2/c1-5-14-9-16(7-3)20(28-30(22,23)24)18(11-14)13-19-12-15(6-2)10-17(8-4)21(19)29-31(25,26)27/h9-12H,5-8,13H2,1-4H3,(H2,22,23,24)(H2,25,26,27). The van der Waals surface area contributed by atoms with Crippen LogP contribution < -0.4 is 9.05 Å². The predicted octanol–water partition coefficient (Wildman–Crippen LogP) is 4.47. The zero-order valence-electron chi connectivity index (χ0n) is 18.2. The summed E-state index contributed by atoms with van der Waals surface area (Å²) in [7, 11) is -9.63. The lowest BCUT2D eigenvalue weighted by Crippen LogP contribution is -2.05. The SMILES string of the molecule is CCc1cc(CC)c(OP(=O)(O)O)c(Cc2cc(CC)cc(CC)c2OP(=O)(O)O)c1. The smallest absolute Gasteiger partial charge is 0.404 e. The van der Waals surface area contributed by atoms with Gasteiger partial charge in [0.15, 0.2) is 0 Å². The molecule has 0 amide bonds. The summed E-state index contributed by atoms with van der Waals surface area (Å²) >= 11 is 0. The molecular weight excluding hydrogens is 442 g/mol. The second kappa shape index (κ2) is 10.3. The summed E-state index contributed by atoms with van der Waals surface area (Å²) in [5, 5.41) is 0. The van der Waals surface area contributed by atoms with Gasteiger partial charge < -0.3 is 9.05 Å². The van der Waals surface area contributed by atoms with E-state index in [-0.39, 0.29) is 17.9 Å². The Balaban J connectivity index is 2.73. The van der Waals surface area contributed by atoms with Gasteiger partial charge in [-0.1, -0.05) is 52.0 Å². The van der Waals surface area contributed by atoms with Crippen molar-refractivity contribution in [2.75, 3.05) is 0 Å². The summed E-state index contributed by atoms with van der Waals surface area (Å²) in [5.74, 6) is 0.185. The minimum Gasteiger partial charge on any atom is -0.404 e. The molecule has 0 spiro atoms. The fourth-order valence-electron chi connectivity index (χ4n) is 3.53. The molecule has 0 atom stereocenters. The molecule has 8 nitrogen and oxygen atoms in total. The van der Waals surface area contributed by atoms with E-state index in [1.54, 1.807) is 12.1 Å². The van der Waals surface area contributed by atoms with Crippen LogP contribution >= 0.6 is 15.6 Å². The molecule has 31 heavy (non-hydrogen) atoms. The molecule has 0 aromatic heterocycles. The van der Waals surface area contributed by atoms with Crippen LogP contribution in [-0.2, 0) is 41.2 Å². The molecule has 0 aliphatic rings. The highest BCUT2D eigenvalue weighted by Gasteiger charge is 2.25. The third-order valence-corrected chi connectivity index (χ3v) is 5.83. The van der Waals surface area contributed by atoms with Crippen LogP contribution in [-0.4, -0.2) is 19.6 Å². The lowest BCUT2D eigenvalue weighted by Gasteiger charge is -2.20. The van der Waals surface area contributed by atoms with E-state index in [2.05, 4.69) is 0 Å². The van der Waals surface area contributed by atoms with Crippen molar-refractivity contribution in [1.82, 2.24) is 0 Å². The van der Waals surface area contributed by atoms with Gasteiger partial charge in [-0.2, -0.15) is 0 Å². The van der Waals surface area contributed by atoms with E-state index in [1.807, 2.05) is 39.8 Å². The maximum Gasteiger partial charge on any atom is 0.524 e. The van der Waals surface area contributed by atoms with Gasteiger partial charge >= 0.3 is 15.6 Å². The molecule has 0 aliphatic heterocycles. The van der Waals surface area contributed by atoms with Gasteiger partial charge in [0.05, 0.1) is 0 Å². The molecular formula is C21H30O8P2. The number of benzene rings is 2. The predicted molar refractivity (Wildman–Crippen MR) is 119 cm³/mol. The molecule has 4 N–H and O–H groups in total. The Morgan fingerprint density at radius 2 is 0.935 bits per heavy atom. The summed E-state index contributed by atoms with van der Waals surface area (Å²) in [4.78, 5) is 37.8. The molecule has 2 aromatic rings. The van der Waals surface area contributed by atoms with Gasteiger partial charge in [-0.05, 0) is 59.1 Å². The molecule has 0 fully saturated rings. The first-order chi connectivity index (χ1) is 14.4. The van der Waals surface area contributed by atoms with Crippen LogP contribution in [0, 0.1) is 0 Å². The van der Waals surface area contributed by atoms with Crippen LogP contribution in [0.15, 0.2) is 24.3 Å². The number of hydrogen-bond donors (Lipinski definition) is 4. The minimum absolute atomic E-state index is 0.0927. The van der Waals surface area contributed by atoms with E-state index < -0.39 is 15.6 Å². The number of aryl methyl sites for hydroxylation is 4. The van der Waals surface area contributed by atoms with Gasteiger partial charge in [-0.3, -0.25) is 19.6 Å². The molecule has 0 radical (unpaired) electrons. The highest BCUT2D eigenvalue weighted by atomic mass is 31.2. The highest BCUT2D eigenvalue weighted by molar-refractivity contribution is 7.47. The molecule has 2 rings (SSSR count). The van der Waals surface area contributed by atoms with Gasteiger partial charge in [0.25, 0.3) is 0 Å². The van der Waals surface area contributed by atoms with Crippen molar-refractivity contribution >= 4 is 15.6 Å². The van der Waals surface area contributed by atoms with Gasteiger partial charge in [0.2, 0.25) is 0 Å². The van der Waals surface area contributed by atoms with Crippen molar-refractivity contribution in [3.8, 4) is 11.5 Å². The molecule has 0 bridgehead atoms. The molecule has 10 heteroatoms. The molecule has 0 saturated heterocycles. The van der Waals surface area contributed by atoms with E-state index in [0.717, 1.165) is 11.1 Å². The van der Waals surface area contributed by atoms with E-state index in [9.17, 15) is 28.7 Å². The first-order valence-electron chi connectivity index (χ1n) is 10.2. The summed E-state index contributed by atoms with van der Waals surface area (Å²) in [5.41, 5.74) is 4.26. The molecule has 0 heterocycles. The Hall–Kier alpha value is -1.66. The zero-order valence-corrected chi connectivity index (χ0v) is 20.0. The normalized spacial score (nSPS) is 12.1. The topological polar surface area (TPSA) is 134 Å². The fraction of sp³-hybridized carbons (Fsp3) is 0.429. The highest BCUT2D eigenvalue weighted by Crippen LogP contribution is 2.45. The van der Waals surface area contributed by atoms with Crippen LogP contribution in [0.4, 0.5) is 0 Å². The average Bonchev–Trinajstić information content (AvgIpc) is 2.67. The van der Waals surface area contributed by atoms with Gasteiger partial charge in [0.1, 0.15) is 11.5 Å². The van der Waals surface area contributed by atoms with E-state index in [4.69, 9.17) is 9.05 Å². The Labute approximate surface area is 182 Å². The third kappa shape index (κ3) is 7.18. The van der Waals surface area contributed by atoms with Gasteiger partial charge in [-0.15, -0.1) is 0 Å². The van der Waals surface area contributed by atoms with Gasteiger partial charge in [0, 0.05) is 6.42 Å². The van der Waals surface area contributed by atoms with Crippen LogP contribution in [0.5, 0.6) is 11.5 Å². The van der Waals surface area contributed by atoms with Crippen molar-refractivity contribution in [3.63, 3.8) is 0 Å². The van der Waals surface area contributed by atoms with Crippen molar-refractivity contribution in [1.29, 1.82) is 0 Å². The monoisotopic (exact) mass is 472 g/mol. The minimum atomic E-state index is -4.81. The first kappa shape index (κ1) is 25.6. The van der Waals surface area contributed by atoms with E-state index in [1.165, 1.54) is 0 Å². The van der Waals surface area contributed by atoms with Crippen molar-refractivity contribution in [3.05, 3.63) is 57.6 Å². The lowest BCUT2D eigenvalue weighted by molar-refractivity contribution is 0.280. The van der Waals surface area contributed by atoms with Crippen LogP contribution in [0.1, 0.15) is 61.1 Å². The van der Waals surface area contributed by atoms with Crippen LogP contribution in [0.3, 0.4) is 0 Å². The summed E-state index contributed by atoms with van der Waals surface area (Å²) in [6.45, 7) is 7.66. The van der Waals surface area contributed by atoms with Crippen LogP contribution in [0.2, 0.25) is 0 Å². The maximum atomic E-state index is 11.6. The lowest BCUT2D eigenvalue weighted by atomic mass is 9.93. The second-order valence-electron chi connectivity index (χ2n) is 7.24. The Bertz CT molecular complexity index is 941. The summed E-state index contributed by atoms with van der Waals surface area (Å²) in [6.07, 6.45) is 2.54. The Morgan fingerprint density at radius 3 is 1.19 bits per heavy atom. The van der Waals surface area contributed by atoms with E-state index in [0.29, 0.717) is 47.9 Å². The molecule has 0 saturated carbocycles. The molecule has 172 valence electrons. The van der Waals surface area contributed by atoms with E-state index >= 15 is 0 Å². The van der Waals surface area contributed by atoms with Crippen LogP contribution in [0.25, 0.3) is 0 Å². The van der Waals surface area contributed by atoms with Crippen molar-refractivity contribution in [2.45, 2.75) is 59.8 Å². The largest absolute Gasteiger partial charge is 0.524 e. The number of phosphoric ester groups is 2. The average molecular weight is 472 g/mol. The second-order valence-corrected chi connectivity index (χ2v) is 9.57. The molecule has 0 aliphatic carbocycles. The molecule has 2 aromatic carbocycles. The number of rotatable bonds is 10. The zero-order chi connectivity index (χ0) is 23.4. The first-order valence-corrected chi connectivity index (χ1v) is 13.3. The van der Waals surface area contributed by atoms with Gasteiger partial charge in [-0.25, -0.2) is 9.13 Å². The Morgan fingerprint density at radius 1 is 0.613 bits per heavy atom.